The average molecular weight is 978 g/mol. The highest BCUT2D eigenvalue weighted by Crippen LogP contribution is 2.44. The number of fused-ring (bicyclic) bond motifs is 11. The average Bonchev–Trinajstić information content (AvgIpc) is 4.08. The van der Waals surface area contributed by atoms with Crippen molar-refractivity contribution in [3.63, 3.8) is 0 Å². The van der Waals surface area contributed by atoms with Crippen molar-refractivity contribution in [1.29, 1.82) is 0 Å². The van der Waals surface area contributed by atoms with E-state index in [0.717, 1.165) is 66.8 Å². The molecule has 0 spiro atoms. The first-order valence-electron chi connectivity index (χ1n) is 24.4. The zero-order chi connectivity index (χ0) is 51.4. The van der Waals surface area contributed by atoms with Crippen LogP contribution in [0, 0.1) is 27.7 Å². The zero-order valence-corrected chi connectivity index (χ0v) is 41.8. The van der Waals surface area contributed by atoms with Crippen molar-refractivity contribution in [2.75, 3.05) is 18.5 Å². The number of rotatable bonds is 16. The van der Waals surface area contributed by atoms with Crippen LogP contribution >= 0.6 is 0 Å². The highest BCUT2D eigenvalue weighted by atomic mass is 16.6. The van der Waals surface area contributed by atoms with Gasteiger partial charge in [0.2, 0.25) is 5.91 Å². The molecule has 0 saturated heterocycles. The van der Waals surface area contributed by atoms with E-state index >= 15 is 0 Å². The van der Waals surface area contributed by atoms with Crippen LogP contribution in [0.4, 0.5) is 15.3 Å². The minimum Gasteiger partial charge on any atom is -0.481 e. The van der Waals surface area contributed by atoms with E-state index < -0.39 is 41.7 Å². The fraction of sp³-hybridized carbons (Fsp3) is 0.339. The minimum atomic E-state index is -1.05. The summed E-state index contributed by atoms with van der Waals surface area (Å²) in [5.74, 6) is -2.55. The van der Waals surface area contributed by atoms with Gasteiger partial charge < -0.3 is 55.6 Å². The van der Waals surface area contributed by atoms with Crippen LogP contribution in [0.1, 0.15) is 126 Å². The third kappa shape index (κ3) is 11.4. The number of benzene rings is 2. The van der Waals surface area contributed by atoms with Crippen molar-refractivity contribution >= 4 is 60.0 Å². The fourth-order valence-corrected chi connectivity index (χ4v) is 9.71. The number of aliphatic carboxylic acids is 2. The number of aryl methyl sites for hydroxylation is 1. The summed E-state index contributed by atoms with van der Waals surface area (Å²) >= 11 is 0. The van der Waals surface area contributed by atoms with E-state index in [0.29, 0.717) is 58.1 Å². The summed E-state index contributed by atoms with van der Waals surface area (Å²) in [6.45, 7) is 13.5. The molecule has 5 heterocycles. The summed E-state index contributed by atoms with van der Waals surface area (Å²) in [5, 5.41) is 31.0. The number of carbonyl (C=O) groups is 5. The third-order valence-electron chi connectivity index (χ3n) is 13.4. The molecule has 0 saturated carbocycles. The lowest BCUT2D eigenvalue weighted by molar-refractivity contribution is -0.138. The third-order valence-corrected chi connectivity index (χ3v) is 13.4. The van der Waals surface area contributed by atoms with Gasteiger partial charge in [0.25, 0.3) is 0 Å². The standard InChI is InChI=1S/C56H63N7O9/c1-30-24-34-25-44-33(4)52(49(61-44)27-46-32(3)36(20-22-51(66)67)48(60-46)28-47-35(19-21-50(64)65)31(2)45(59-47)26-43(30)58-34)63-53(68)42(18-12-13-23-57-54(69)72-56(5,6)7)62-55(70)71-29-41-39-16-10-8-14-37(39)38-15-9-11-17-40(38)41/h8-11,14-17,24-28,41-42,58-61H,12-13,18-23,29H2,1-7H3,(H,57,69)(H,62,70)(H,63,68)(H,64,65)(H,66,67). The van der Waals surface area contributed by atoms with E-state index in [1.165, 1.54) is 0 Å². The largest absolute Gasteiger partial charge is 0.481 e. The molecule has 9 N–H and O–H groups in total. The summed E-state index contributed by atoms with van der Waals surface area (Å²) in [6, 6.07) is 17.1. The molecule has 1 aliphatic carbocycles. The van der Waals surface area contributed by atoms with E-state index in [1.54, 1.807) is 20.8 Å². The van der Waals surface area contributed by atoms with Crippen molar-refractivity contribution < 1.29 is 43.7 Å². The van der Waals surface area contributed by atoms with Crippen molar-refractivity contribution in [3.05, 3.63) is 143 Å². The van der Waals surface area contributed by atoms with Gasteiger partial charge in [-0.3, -0.25) is 14.4 Å². The van der Waals surface area contributed by atoms with E-state index in [1.807, 2.05) is 94.5 Å². The lowest BCUT2D eigenvalue weighted by Crippen LogP contribution is -2.45. The van der Waals surface area contributed by atoms with Crippen LogP contribution in [0.5, 0.6) is 0 Å². The number of unbranched alkanes of at least 4 members (excludes halogenated alkanes) is 1. The van der Waals surface area contributed by atoms with Gasteiger partial charge in [-0.05, 0) is 167 Å². The molecule has 2 aromatic carbocycles. The molecule has 1 unspecified atom stereocenters. The molecule has 8 bridgehead atoms. The van der Waals surface area contributed by atoms with Crippen LogP contribution in [-0.2, 0) is 36.7 Å². The maximum atomic E-state index is 14.7. The maximum absolute atomic E-state index is 14.7. The highest BCUT2D eigenvalue weighted by Gasteiger charge is 2.30. The first-order chi connectivity index (χ1) is 34.3. The number of hydrogen-bond acceptors (Lipinski definition) is 7. The number of alkyl carbamates (subject to hydrolysis) is 2. The van der Waals surface area contributed by atoms with Gasteiger partial charge in [0, 0.05) is 64.1 Å². The Bertz CT molecular complexity index is 3300. The van der Waals surface area contributed by atoms with Crippen LogP contribution in [0.2, 0.25) is 0 Å². The first-order valence-corrected chi connectivity index (χ1v) is 24.4. The van der Waals surface area contributed by atoms with Gasteiger partial charge in [0.15, 0.2) is 0 Å². The number of carboxylic acids is 2. The molecular weight excluding hydrogens is 915 g/mol. The van der Waals surface area contributed by atoms with Gasteiger partial charge in [-0.15, -0.1) is 0 Å². The van der Waals surface area contributed by atoms with E-state index in [9.17, 15) is 34.2 Å². The molecule has 4 aromatic heterocycles. The van der Waals surface area contributed by atoms with Gasteiger partial charge in [0.05, 0.1) is 11.0 Å². The molecule has 1 aliphatic heterocycles. The van der Waals surface area contributed by atoms with Gasteiger partial charge in [-0.1, -0.05) is 48.5 Å². The molecule has 8 rings (SSSR count). The van der Waals surface area contributed by atoms with Crippen molar-refractivity contribution in [2.24, 2.45) is 0 Å². The lowest BCUT2D eigenvalue weighted by atomic mass is 9.98. The molecular formula is C56H63N7O9. The molecule has 0 radical (unpaired) electrons. The molecule has 6 aromatic rings. The number of aromatic nitrogens is 4. The predicted molar refractivity (Wildman–Crippen MR) is 276 cm³/mol. The van der Waals surface area contributed by atoms with E-state index in [2.05, 4.69) is 48.0 Å². The predicted octanol–water partition coefficient (Wildman–Crippen LogP) is 6.44. The number of carboxylic acid groups (broad SMARTS) is 2. The second kappa shape index (κ2) is 21.1. The second-order valence-electron chi connectivity index (χ2n) is 19.7. The Kier molecular flexibility index (Phi) is 14.8. The second-order valence-corrected chi connectivity index (χ2v) is 19.7. The monoisotopic (exact) mass is 977 g/mol. The van der Waals surface area contributed by atoms with Crippen LogP contribution in [0.25, 0.3) is 35.4 Å². The molecule has 72 heavy (non-hydrogen) atoms. The number of anilines is 1. The fourth-order valence-electron chi connectivity index (χ4n) is 9.71. The van der Waals surface area contributed by atoms with Crippen LogP contribution < -0.4 is 37.3 Å². The van der Waals surface area contributed by atoms with Gasteiger partial charge >= 0.3 is 24.1 Å². The van der Waals surface area contributed by atoms with Crippen LogP contribution in [0.3, 0.4) is 0 Å². The molecule has 0 fully saturated rings. The van der Waals surface area contributed by atoms with E-state index in [4.69, 9.17) is 9.47 Å². The SMILES string of the molecule is Cc1cc2[nH]c1C=c1[nH]c(c(CCC(=O)O)c1C)=Cc1[nH]c(c(C)c1CCC(=O)O)C=c1[nH]c(c(C)c1NC(=O)C(CCCCNC(=O)OC(C)(C)C)NC(=O)OCC1c3ccccc3-c3ccccc31)=C2. The summed E-state index contributed by atoms with van der Waals surface area (Å²) in [4.78, 5) is 78.8. The summed E-state index contributed by atoms with van der Waals surface area (Å²) in [6.07, 6.45) is 7.87. The Morgan fingerprint density at radius 1 is 0.667 bits per heavy atom. The normalized spacial score (nSPS) is 13.0. The molecule has 376 valence electrons. The molecule has 2 aliphatic rings. The van der Waals surface area contributed by atoms with Gasteiger partial charge in [0.1, 0.15) is 18.2 Å². The quantitative estimate of drug-likeness (QED) is 0.0484. The van der Waals surface area contributed by atoms with Gasteiger partial charge in [-0.25, -0.2) is 9.59 Å². The number of hydrogen-bond donors (Lipinski definition) is 9. The molecule has 3 amide bonds. The zero-order valence-electron chi connectivity index (χ0n) is 41.8. The lowest BCUT2D eigenvalue weighted by Gasteiger charge is -2.21. The van der Waals surface area contributed by atoms with Crippen LogP contribution in [0.15, 0.2) is 54.6 Å². The Morgan fingerprint density at radius 2 is 1.28 bits per heavy atom. The number of carbonyl (C=O) groups excluding carboxylic acids is 3. The number of amides is 3. The summed E-state index contributed by atoms with van der Waals surface area (Å²) in [5.41, 5.74) is 12.0. The number of nitrogens with one attached hydrogen (secondary N) is 7. The summed E-state index contributed by atoms with van der Waals surface area (Å²) < 4.78 is 11.3. The van der Waals surface area contributed by atoms with E-state index in [-0.39, 0.29) is 44.6 Å². The van der Waals surface area contributed by atoms with Crippen molar-refractivity contribution in [3.8, 4) is 11.1 Å². The maximum Gasteiger partial charge on any atom is 0.407 e. The Morgan fingerprint density at radius 3 is 1.94 bits per heavy atom. The Labute approximate surface area is 416 Å². The van der Waals surface area contributed by atoms with Crippen LogP contribution in [-0.4, -0.2) is 85.0 Å². The molecule has 16 nitrogen and oxygen atoms in total. The molecule has 16 heteroatoms. The number of ether oxygens (including phenoxy) is 2. The first kappa shape index (κ1) is 50.4. The Balaban J connectivity index is 1.15. The highest BCUT2D eigenvalue weighted by molar-refractivity contribution is 5.97. The topological polar surface area (TPSA) is 244 Å². The summed E-state index contributed by atoms with van der Waals surface area (Å²) in [7, 11) is 0. The minimum absolute atomic E-state index is 0.0541. The van der Waals surface area contributed by atoms with Gasteiger partial charge in [-0.2, -0.15) is 0 Å². The van der Waals surface area contributed by atoms with Crippen molar-refractivity contribution in [1.82, 2.24) is 30.6 Å². The Hall–Kier alpha value is -8.01. The molecule has 1 atom stereocenters. The smallest absolute Gasteiger partial charge is 0.407 e. The number of H-pyrrole nitrogens is 4. The number of aromatic amines is 4. The van der Waals surface area contributed by atoms with Crippen molar-refractivity contribution in [2.45, 2.75) is 111 Å².